The molecule has 0 atom stereocenters. The Labute approximate surface area is 194 Å². The summed E-state index contributed by atoms with van der Waals surface area (Å²) in [5.41, 5.74) is 0.640. The first-order valence-corrected chi connectivity index (χ1v) is 12.6. The summed E-state index contributed by atoms with van der Waals surface area (Å²) in [5.74, 6) is -1.45. The number of hydrogen-bond donors (Lipinski definition) is 1. The van der Waals surface area contributed by atoms with Gasteiger partial charge in [-0.25, -0.2) is 18.2 Å². The van der Waals surface area contributed by atoms with Crippen LogP contribution in [0.5, 0.6) is 0 Å². The summed E-state index contributed by atoms with van der Waals surface area (Å²) >= 11 is 7.40. The second kappa shape index (κ2) is 9.53. The van der Waals surface area contributed by atoms with Gasteiger partial charge in [-0.15, -0.1) is 0 Å². The van der Waals surface area contributed by atoms with Crippen molar-refractivity contribution in [2.45, 2.75) is 24.2 Å². The third-order valence-electron chi connectivity index (χ3n) is 4.99. The van der Waals surface area contributed by atoms with Crippen molar-refractivity contribution < 1.29 is 22.7 Å². The van der Waals surface area contributed by atoms with Gasteiger partial charge in [0.05, 0.1) is 25.7 Å². The number of nitrogens with zero attached hydrogens (tertiary/aromatic N) is 2. The van der Waals surface area contributed by atoms with Gasteiger partial charge in [0.25, 0.3) is 5.91 Å². The number of thiazole rings is 1. The minimum absolute atomic E-state index is 0.0327. The van der Waals surface area contributed by atoms with Gasteiger partial charge in [-0.3, -0.25) is 10.1 Å². The van der Waals surface area contributed by atoms with E-state index in [1.54, 1.807) is 0 Å². The third kappa shape index (κ3) is 4.93. The number of aromatic nitrogens is 1. The van der Waals surface area contributed by atoms with Crippen LogP contribution in [0, 0.1) is 0 Å². The molecule has 0 aliphatic carbocycles. The molecule has 11 heteroatoms. The van der Waals surface area contributed by atoms with Crippen LogP contribution >= 0.6 is 22.9 Å². The molecule has 1 aromatic heterocycles. The molecule has 0 saturated carbocycles. The van der Waals surface area contributed by atoms with Crippen molar-refractivity contribution in [2.75, 3.05) is 25.0 Å². The monoisotopic (exact) mass is 493 g/mol. The van der Waals surface area contributed by atoms with E-state index in [9.17, 15) is 18.0 Å². The van der Waals surface area contributed by atoms with Crippen LogP contribution in [0.4, 0.5) is 5.13 Å². The molecule has 1 aliphatic rings. The lowest BCUT2D eigenvalue weighted by Gasteiger charge is -2.26. The summed E-state index contributed by atoms with van der Waals surface area (Å²) in [7, 11) is -3.74. The minimum Gasteiger partial charge on any atom is -0.452 e. The number of ether oxygens (including phenoxy) is 1. The first-order chi connectivity index (χ1) is 15.3. The number of piperidine rings is 1. The first-order valence-electron chi connectivity index (χ1n) is 9.97. The van der Waals surface area contributed by atoms with Crippen molar-refractivity contribution in [1.82, 2.24) is 9.29 Å². The van der Waals surface area contributed by atoms with Crippen LogP contribution in [0.1, 0.15) is 29.6 Å². The van der Waals surface area contributed by atoms with Crippen LogP contribution in [0.2, 0.25) is 5.02 Å². The number of para-hydroxylation sites is 1. The number of hydrogen-bond acceptors (Lipinski definition) is 7. The second-order valence-corrected chi connectivity index (χ2v) is 10.6. The van der Waals surface area contributed by atoms with E-state index >= 15 is 0 Å². The highest BCUT2D eigenvalue weighted by atomic mass is 35.5. The Bertz CT molecular complexity index is 1240. The lowest BCUT2D eigenvalue weighted by atomic mass is 10.2. The lowest BCUT2D eigenvalue weighted by Crippen LogP contribution is -2.35. The highest BCUT2D eigenvalue weighted by Gasteiger charge is 2.27. The summed E-state index contributed by atoms with van der Waals surface area (Å²) in [6, 6.07) is 11.3. The average molecular weight is 494 g/mol. The van der Waals surface area contributed by atoms with E-state index in [1.165, 1.54) is 33.8 Å². The fourth-order valence-electron chi connectivity index (χ4n) is 3.37. The van der Waals surface area contributed by atoms with Crippen LogP contribution < -0.4 is 5.32 Å². The van der Waals surface area contributed by atoms with Crippen LogP contribution in [-0.4, -0.2) is 49.3 Å². The van der Waals surface area contributed by atoms with Gasteiger partial charge in [0, 0.05) is 13.1 Å². The molecule has 1 fully saturated rings. The summed E-state index contributed by atoms with van der Waals surface area (Å²) in [4.78, 5) is 29.0. The molecule has 1 amide bonds. The maximum atomic E-state index is 12.9. The molecule has 1 N–H and O–H groups in total. The van der Waals surface area contributed by atoms with Crippen LogP contribution in [0.25, 0.3) is 10.2 Å². The molecule has 8 nitrogen and oxygen atoms in total. The van der Waals surface area contributed by atoms with Gasteiger partial charge in [-0.05, 0) is 43.2 Å². The van der Waals surface area contributed by atoms with E-state index in [2.05, 4.69) is 10.3 Å². The van der Waals surface area contributed by atoms with Crippen molar-refractivity contribution in [3.8, 4) is 0 Å². The molecule has 2 heterocycles. The fourth-order valence-corrected chi connectivity index (χ4v) is 5.99. The van der Waals surface area contributed by atoms with E-state index in [0.717, 1.165) is 29.5 Å². The number of carbonyl (C=O) groups is 2. The molecule has 1 saturated heterocycles. The zero-order chi connectivity index (χ0) is 22.7. The van der Waals surface area contributed by atoms with Gasteiger partial charge >= 0.3 is 5.97 Å². The summed E-state index contributed by atoms with van der Waals surface area (Å²) in [6.07, 6.45) is 2.58. The average Bonchev–Trinajstić information content (AvgIpc) is 3.20. The highest BCUT2D eigenvalue weighted by Crippen LogP contribution is 2.27. The van der Waals surface area contributed by atoms with Crippen LogP contribution in [0.15, 0.2) is 47.4 Å². The number of nitrogens with one attached hydrogen (secondary N) is 1. The number of benzene rings is 2. The maximum Gasteiger partial charge on any atom is 0.340 e. The number of halogens is 1. The summed E-state index contributed by atoms with van der Waals surface area (Å²) in [6.45, 7) is 0.321. The molecule has 1 aliphatic heterocycles. The largest absolute Gasteiger partial charge is 0.452 e. The van der Waals surface area contributed by atoms with Crippen molar-refractivity contribution >= 4 is 60.2 Å². The Hall–Kier alpha value is -2.53. The molecule has 168 valence electrons. The van der Waals surface area contributed by atoms with E-state index in [1.807, 2.05) is 24.3 Å². The quantitative estimate of drug-likeness (QED) is 0.522. The van der Waals surface area contributed by atoms with Crippen LogP contribution in [0.3, 0.4) is 0 Å². The number of fused-ring (bicyclic) bond motifs is 1. The van der Waals surface area contributed by atoms with Crippen LogP contribution in [-0.2, 0) is 19.6 Å². The Morgan fingerprint density at radius 2 is 1.88 bits per heavy atom. The van der Waals surface area contributed by atoms with Crippen molar-refractivity contribution in [2.24, 2.45) is 0 Å². The number of anilines is 1. The Balaban J connectivity index is 1.42. The number of amides is 1. The van der Waals surface area contributed by atoms with Gasteiger partial charge in [-0.2, -0.15) is 4.31 Å². The molecule has 4 rings (SSSR count). The smallest absolute Gasteiger partial charge is 0.340 e. The zero-order valence-corrected chi connectivity index (χ0v) is 19.3. The number of esters is 1. The van der Waals surface area contributed by atoms with Crippen molar-refractivity contribution in [1.29, 1.82) is 0 Å². The van der Waals surface area contributed by atoms with Crippen molar-refractivity contribution in [3.63, 3.8) is 0 Å². The molecule has 2 aromatic carbocycles. The van der Waals surface area contributed by atoms with Gasteiger partial charge in [0.1, 0.15) is 0 Å². The summed E-state index contributed by atoms with van der Waals surface area (Å²) < 4.78 is 33.1. The number of rotatable bonds is 6. The summed E-state index contributed by atoms with van der Waals surface area (Å²) in [5, 5.41) is 3.02. The molecule has 3 aromatic rings. The molecule has 0 unspecified atom stereocenters. The van der Waals surface area contributed by atoms with Gasteiger partial charge < -0.3 is 4.74 Å². The highest BCUT2D eigenvalue weighted by molar-refractivity contribution is 7.89. The van der Waals surface area contributed by atoms with Gasteiger partial charge in [0.15, 0.2) is 11.7 Å². The zero-order valence-electron chi connectivity index (χ0n) is 16.9. The Morgan fingerprint density at radius 3 is 2.62 bits per heavy atom. The normalized spacial score (nSPS) is 14.9. The lowest BCUT2D eigenvalue weighted by molar-refractivity contribution is -0.119. The van der Waals surface area contributed by atoms with E-state index in [0.29, 0.717) is 18.2 Å². The molecule has 0 radical (unpaired) electrons. The van der Waals surface area contributed by atoms with E-state index in [-0.39, 0.29) is 15.5 Å². The van der Waals surface area contributed by atoms with E-state index in [4.69, 9.17) is 16.3 Å². The van der Waals surface area contributed by atoms with Crippen molar-refractivity contribution in [3.05, 3.63) is 53.1 Å². The second-order valence-electron chi connectivity index (χ2n) is 7.22. The van der Waals surface area contributed by atoms with Gasteiger partial charge in [0.2, 0.25) is 10.0 Å². The molecule has 0 bridgehead atoms. The van der Waals surface area contributed by atoms with Gasteiger partial charge in [-0.1, -0.05) is 41.5 Å². The van der Waals surface area contributed by atoms with E-state index < -0.39 is 28.5 Å². The predicted octanol–water partition coefficient (Wildman–Crippen LogP) is 3.92. The first kappa shape index (κ1) is 22.7. The number of carbonyl (C=O) groups excluding carboxylic acids is 2. The Kier molecular flexibility index (Phi) is 6.75. The molecule has 0 spiro atoms. The molecular formula is C21H20ClN3O5S2. The molecule has 32 heavy (non-hydrogen) atoms. The minimum atomic E-state index is -3.74. The Morgan fingerprint density at radius 1 is 1.12 bits per heavy atom. The SMILES string of the molecule is O=C(COC(=O)c1cc(S(=O)(=O)N2CCCCC2)ccc1Cl)Nc1nc2ccccc2s1. The standard InChI is InChI=1S/C21H20ClN3O5S2/c22-16-9-8-14(32(28,29)25-10-4-1-5-11-25)12-15(16)20(27)30-13-19(26)24-21-23-17-6-2-3-7-18(17)31-21/h2-3,6-9,12H,1,4-5,10-11,13H2,(H,23,24,26). The number of sulfonamides is 1. The maximum absolute atomic E-state index is 12.9. The third-order valence-corrected chi connectivity index (χ3v) is 8.16. The predicted molar refractivity (Wildman–Crippen MR) is 123 cm³/mol. The fraction of sp³-hybridized carbons (Fsp3) is 0.286. The topological polar surface area (TPSA) is 106 Å². The molecular weight excluding hydrogens is 474 g/mol.